The number of ether oxygens (including phenoxy) is 2. The summed E-state index contributed by atoms with van der Waals surface area (Å²) in [6.45, 7) is 4.42. The maximum Gasteiger partial charge on any atom is 0.265 e. The van der Waals surface area contributed by atoms with Crippen LogP contribution in [0.25, 0.3) is 0 Å². The van der Waals surface area contributed by atoms with Gasteiger partial charge in [0.25, 0.3) is 5.91 Å². The van der Waals surface area contributed by atoms with E-state index in [-0.39, 0.29) is 31.0 Å². The van der Waals surface area contributed by atoms with Crippen LogP contribution < -0.4 is 9.64 Å². The number of anilines is 1. The summed E-state index contributed by atoms with van der Waals surface area (Å²) < 4.78 is 10.9. The number of fused-ring (bicyclic) bond motifs is 2. The summed E-state index contributed by atoms with van der Waals surface area (Å²) in [5.41, 5.74) is 0.553. The Morgan fingerprint density at radius 2 is 2.16 bits per heavy atom. The molecule has 25 heavy (non-hydrogen) atoms. The highest BCUT2D eigenvalue weighted by atomic mass is 35.5. The largest absolute Gasteiger partial charge is 0.482 e. The molecule has 0 bridgehead atoms. The van der Waals surface area contributed by atoms with Gasteiger partial charge in [-0.25, -0.2) is 0 Å². The average molecular weight is 366 g/mol. The van der Waals surface area contributed by atoms with E-state index in [9.17, 15) is 9.59 Å². The summed E-state index contributed by atoms with van der Waals surface area (Å²) >= 11 is 6.04. The molecule has 4 rings (SSSR count). The van der Waals surface area contributed by atoms with Gasteiger partial charge in [-0.3, -0.25) is 19.4 Å². The fraction of sp³-hybridized carbons (Fsp3) is 0.529. The van der Waals surface area contributed by atoms with Crippen molar-refractivity contribution >= 4 is 29.1 Å². The molecule has 2 amide bonds. The van der Waals surface area contributed by atoms with Crippen molar-refractivity contribution in [2.45, 2.75) is 6.04 Å². The maximum absolute atomic E-state index is 12.8. The molecule has 1 atom stereocenters. The van der Waals surface area contributed by atoms with Gasteiger partial charge in [0, 0.05) is 31.2 Å². The summed E-state index contributed by atoms with van der Waals surface area (Å²) in [7, 11) is 0. The normalized spacial score (nSPS) is 23.7. The third-order valence-electron chi connectivity index (χ3n) is 4.95. The predicted octanol–water partition coefficient (Wildman–Crippen LogP) is 0.608. The number of piperazine rings is 1. The van der Waals surface area contributed by atoms with E-state index in [1.807, 2.05) is 4.90 Å². The molecule has 3 heterocycles. The molecule has 0 aliphatic carbocycles. The second-order valence-corrected chi connectivity index (χ2v) is 6.92. The van der Waals surface area contributed by atoms with Crippen LogP contribution in [0.5, 0.6) is 5.75 Å². The number of carbonyl (C=O) groups is 2. The van der Waals surface area contributed by atoms with Crippen molar-refractivity contribution < 1.29 is 19.1 Å². The molecule has 3 aliphatic rings. The van der Waals surface area contributed by atoms with Gasteiger partial charge in [-0.05, 0) is 18.2 Å². The molecule has 1 aromatic carbocycles. The summed E-state index contributed by atoms with van der Waals surface area (Å²) in [4.78, 5) is 30.7. The molecule has 0 radical (unpaired) electrons. The Labute approximate surface area is 151 Å². The second kappa shape index (κ2) is 6.82. The lowest BCUT2D eigenvalue weighted by Crippen LogP contribution is -2.60. The van der Waals surface area contributed by atoms with E-state index in [2.05, 4.69) is 4.90 Å². The molecule has 0 N–H and O–H groups in total. The lowest BCUT2D eigenvalue weighted by Gasteiger charge is -2.44. The topological polar surface area (TPSA) is 62.3 Å². The summed E-state index contributed by atoms with van der Waals surface area (Å²) in [6.07, 6.45) is 0. The number of hydrogen-bond acceptors (Lipinski definition) is 5. The monoisotopic (exact) mass is 365 g/mol. The van der Waals surface area contributed by atoms with Crippen molar-refractivity contribution in [1.29, 1.82) is 0 Å². The maximum atomic E-state index is 12.8. The number of morpholine rings is 1. The molecule has 0 saturated carbocycles. The van der Waals surface area contributed by atoms with Crippen LogP contribution >= 0.6 is 11.6 Å². The van der Waals surface area contributed by atoms with Gasteiger partial charge in [0.2, 0.25) is 5.91 Å². The summed E-state index contributed by atoms with van der Waals surface area (Å²) in [5, 5.41) is 0.502. The van der Waals surface area contributed by atoms with Gasteiger partial charge in [-0.2, -0.15) is 0 Å². The molecule has 7 nitrogen and oxygen atoms in total. The fourth-order valence-electron chi connectivity index (χ4n) is 3.56. The predicted molar refractivity (Wildman–Crippen MR) is 92.1 cm³/mol. The van der Waals surface area contributed by atoms with Crippen LogP contribution in [0.2, 0.25) is 5.02 Å². The molecule has 0 spiro atoms. The minimum absolute atomic E-state index is 0.00309. The van der Waals surface area contributed by atoms with E-state index in [0.717, 1.165) is 19.7 Å². The number of rotatable bonds is 2. The van der Waals surface area contributed by atoms with E-state index in [4.69, 9.17) is 21.1 Å². The molecular weight excluding hydrogens is 346 g/mol. The Bertz CT molecular complexity index is 698. The number of amides is 2. The highest BCUT2D eigenvalue weighted by Crippen LogP contribution is 2.34. The zero-order valence-corrected chi connectivity index (χ0v) is 14.6. The van der Waals surface area contributed by atoms with Crippen molar-refractivity contribution in [3.63, 3.8) is 0 Å². The van der Waals surface area contributed by atoms with Crippen LogP contribution in [0.15, 0.2) is 18.2 Å². The first-order valence-corrected chi connectivity index (χ1v) is 8.82. The van der Waals surface area contributed by atoms with Crippen LogP contribution in [0, 0.1) is 0 Å². The van der Waals surface area contributed by atoms with Crippen molar-refractivity contribution in [2.24, 2.45) is 0 Å². The van der Waals surface area contributed by atoms with Crippen LogP contribution in [-0.4, -0.2) is 80.2 Å². The lowest BCUT2D eigenvalue weighted by molar-refractivity contribution is -0.137. The fourth-order valence-corrected chi connectivity index (χ4v) is 3.72. The Morgan fingerprint density at radius 3 is 3.04 bits per heavy atom. The molecular formula is C17H20ClN3O4. The Hall–Kier alpha value is -1.83. The lowest BCUT2D eigenvalue weighted by atomic mass is 10.1. The standard InChI is InChI=1S/C17H20ClN3O4/c18-12-1-2-15-14(7-12)21(17(23)11-25-15)9-16(22)20-4-3-19-5-6-24-10-13(19)8-20/h1-2,7,13H,3-6,8-11H2. The van der Waals surface area contributed by atoms with E-state index in [0.29, 0.717) is 36.2 Å². The van der Waals surface area contributed by atoms with E-state index < -0.39 is 0 Å². The Kier molecular flexibility index (Phi) is 4.54. The molecule has 1 aromatic rings. The number of nitrogens with zero attached hydrogens (tertiary/aromatic N) is 3. The number of hydrogen-bond donors (Lipinski definition) is 0. The molecule has 134 valence electrons. The number of benzene rings is 1. The third-order valence-corrected chi connectivity index (χ3v) is 5.18. The van der Waals surface area contributed by atoms with Crippen LogP contribution in [-0.2, 0) is 14.3 Å². The van der Waals surface area contributed by atoms with E-state index >= 15 is 0 Å². The van der Waals surface area contributed by atoms with Crippen molar-refractivity contribution in [1.82, 2.24) is 9.80 Å². The molecule has 2 saturated heterocycles. The van der Waals surface area contributed by atoms with Gasteiger partial charge < -0.3 is 14.4 Å². The van der Waals surface area contributed by atoms with Crippen molar-refractivity contribution in [2.75, 3.05) is 57.4 Å². The first kappa shape index (κ1) is 16.6. The average Bonchev–Trinajstić information content (AvgIpc) is 2.63. The minimum atomic E-state index is -0.234. The summed E-state index contributed by atoms with van der Waals surface area (Å²) in [5.74, 6) is 0.274. The van der Waals surface area contributed by atoms with Crippen LogP contribution in [0.3, 0.4) is 0 Å². The molecule has 3 aliphatic heterocycles. The van der Waals surface area contributed by atoms with Gasteiger partial charge >= 0.3 is 0 Å². The molecule has 2 fully saturated rings. The van der Waals surface area contributed by atoms with Crippen LogP contribution in [0.1, 0.15) is 0 Å². The number of carbonyl (C=O) groups excluding carboxylic acids is 2. The quantitative estimate of drug-likeness (QED) is 0.768. The highest BCUT2D eigenvalue weighted by molar-refractivity contribution is 6.31. The van der Waals surface area contributed by atoms with Crippen molar-refractivity contribution in [3.8, 4) is 5.75 Å². The van der Waals surface area contributed by atoms with Crippen LogP contribution in [0.4, 0.5) is 5.69 Å². The highest BCUT2D eigenvalue weighted by Gasteiger charge is 2.34. The Morgan fingerprint density at radius 1 is 1.28 bits per heavy atom. The first-order chi connectivity index (χ1) is 12.1. The zero-order chi connectivity index (χ0) is 17.4. The molecule has 8 heteroatoms. The van der Waals surface area contributed by atoms with E-state index in [1.165, 1.54) is 4.90 Å². The van der Waals surface area contributed by atoms with Crippen molar-refractivity contribution in [3.05, 3.63) is 23.2 Å². The van der Waals surface area contributed by atoms with E-state index in [1.54, 1.807) is 18.2 Å². The minimum Gasteiger partial charge on any atom is -0.482 e. The third kappa shape index (κ3) is 3.31. The zero-order valence-electron chi connectivity index (χ0n) is 13.8. The second-order valence-electron chi connectivity index (χ2n) is 6.49. The van der Waals surface area contributed by atoms with Gasteiger partial charge in [0.1, 0.15) is 12.3 Å². The van der Waals surface area contributed by atoms with Gasteiger partial charge in [-0.1, -0.05) is 11.6 Å². The molecule has 1 unspecified atom stereocenters. The van der Waals surface area contributed by atoms with Gasteiger partial charge in [0.05, 0.1) is 24.9 Å². The molecule has 0 aromatic heterocycles. The van der Waals surface area contributed by atoms with Gasteiger partial charge in [0.15, 0.2) is 6.61 Å². The number of halogens is 1. The SMILES string of the molecule is O=C(CN1C(=O)COc2ccc(Cl)cc21)N1CCN2CCOCC2C1. The van der Waals surface area contributed by atoms with Gasteiger partial charge in [-0.15, -0.1) is 0 Å². The smallest absolute Gasteiger partial charge is 0.265 e. The Balaban J connectivity index is 1.47. The first-order valence-electron chi connectivity index (χ1n) is 8.44. The summed E-state index contributed by atoms with van der Waals surface area (Å²) in [6, 6.07) is 5.33.